The summed E-state index contributed by atoms with van der Waals surface area (Å²) in [5, 5.41) is 0. The molecule has 0 bridgehead atoms. The molecule has 0 unspecified atom stereocenters. The third kappa shape index (κ3) is 1.46. The molecule has 1 aromatic rings. The Bertz CT molecular complexity index is 277. The highest BCUT2D eigenvalue weighted by Gasteiger charge is 1.86. The summed E-state index contributed by atoms with van der Waals surface area (Å²) in [5.74, 6) is 0. The molecule has 0 fully saturated rings. The highest BCUT2D eigenvalue weighted by Crippen LogP contribution is 1.96. The molecule has 0 aliphatic heterocycles. The Kier molecular flexibility index (Phi) is 1.86. The van der Waals surface area contributed by atoms with Crippen molar-refractivity contribution >= 4 is 6.08 Å². The monoisotopic (exact) mass is 133 g/mol. The number of aryl methyl sites for hydroxylation is 1. The summed E-state index contributed by atoms with van der Waals surface area (Å²) in [6, 6.07) is 0. The molecule has 0 saturated heterocycles. The summed E-state index contributed by atoms with van der Waals surface area (Å²) in [6.45, 7) is 6.46. The van der Waals surface area contributed by atoms with Crippen LogP contribution in [0.1, 0.15) is 5.69 Å². The molecular weight excluding hydrogens is 126 g/mol. The molecule has 10 heavy (non-hydrogen) atoms. The third-order valence-electron chi connectivity index (χ3n) is 1.04. The van der Waals surface area contributed by atoms with E-state index in [4.69, 9.17) is 6.57 Å². The largest absolute Gasteiger partial charge is 0.340 e. The first-order valence-electron chi connectivity index (χ1n) is 2.84. The van der Waals surface area contributed by atoms with Crippen LogP contribution in [0.15, 0.2) is 18.7 Å². The second-order valence-corrected chi connectivity index (χ2v) is 1.91. The van der Waals surface area contributed by atoms with Crippen LogP contribution in [0.4, 0.5) is 0 Å². The van der Waals surface area contributed by atoms with Gasteiger partial charge in [-0.1, -0.05) is 0 Å². The predicted molar refractivity (Wildman–Crippen MR) is 38.8 cm³/mol. The zero-order chi connectivity index (χ0) is 7.40. The van der Waals surface area contributed by atoms with Gasteiger partial charge in [-0.25, -0.2) is 9.83 Å². The zero-order valence-electron chi connectivity index (χ0n) is 5.65. The average molecular weight is 133 g/mol. The molecule has 0 saturated carbocycles. The second-order valence-electron chi connectivity index (χ2n) is 1.91. The summed E-state index contributed by atoms with van der Waals surface area (Å²) in [6.07, 6.45) is 6.61. The Balaban J connectivity index is 2.78. The van der Waals surface area contributed by atoms with Crippen LogP contribution in [0.2, 0.25) is 0 Å². The van der Waals surface area contributed by atoms with Gasteiger partial charge in [-0.05, 0) is 6.08 Å². The van der Waals surface area contributed by atoms with Gasteiger partial charge in [0.25, 0.3) is 0 Å². The Morgan fingerprint density at radius 1 is 1.80 bits per heavy atom. The molecular formula is C7H7N3. The molecule has 0 aliphatic carbocycles. The number of aromatic nitrogens is 2. The van der Waals surface area contributed by atoms with E-state index in [9.17, 15) is 0 Å². The molecule has 0 radical (unpaired) electrons. The number of nitrogens with zero attached hydrogens (tertiary/aromatic N) is 3. The lowest BCUT2D eigenvalue weighted by molar-refractivity contribution is 0.913. The highest BCUT2D eigenvalue weighted by molar-refractivity contribution is 5.44. The first-order valence-corrected chi connectivity index (χ1v) is 2.84. The van der Waals surface area contributed by atoms with E-state index in [1.807, 2.05) is 17.8 Å². The molecule has 0 N–H and O–H groups in total. The standard InChI is InChI=1S/C7H7N3/c1-8-4-3-7-5-10(2)6-9-7/h3-6H,2H3/b4-3+. The van der Waals surface area contributed by atoms with E-state index in [0.29, 0.717) is 0 Å². The number of imidazole rings is 1. The second kappa shape index (κ2) is 2.83. The summed E-state index contributed by atoms with van der Waals surface area (Å²) in [4.78, 5) is 7.05. The SMILES string of the molecule is [C-]#[N+]/C=C/c1cn(C)cn1. The van der Waals surface area contributed by atoms with Crippen molar-refractivity contribution in [2.75, 3.05) is 0 Å². The van der Waals surface area contributed by atoms with Crippen LogP contribution in [-0.4, -0.2) is 9.55 Å². The lowest BCUT2D eigenvalue weighted by atomic mass is 10.5. The van der Waals surface area contributed by atoms with E-state index in [1.165, 1.54) is 6.20 Å². The van der Waals surface area contributed by atoms with E-state index in [0.717, 1.165) is 5.69 Å². The minimum atomic E-state index is 0.818. The summed E-state index contributed by atoms with van der Waals surface area (Å²) in [7, 11) is 1.89. The molecule has 1 heterocycles. The molecule has 0 amide bonds. The molecule has 0 atom stereocenters. The first kappa shape index (κ1) is 6.56. The molecule has 0 spiro atoms. The molecule has 50 valence electrons. The van der Waals surface area contributed by atoms with Crippen LogP contribution in [0.3, 0.4) is 0 Å². The van der Waals surface area contributed by atoms with E-state index in [2.05, 4.69) is 9.83 Å². The van der Waals surface area contributed by atoms with E-state index in [-0.39, 0.29) is 0 Å². The van der Waals surface area contributed by atoms with Gasteiger partial charge >= 0.3 is 0 Å². The van der Waals surface area contributed by atoms with Gasteiger partial charge in [-0.3, -0.25) is 0 Å². The lowest BCUT2D eigenvalue weighted by Gasteiger charge is -1.79. The molecule has 3 heteroatoms. The fourth-order valence-corrected chi connectivity index (χ4v) is 0.633. The van der Waals surface area contributed by atoms with E-state index >= 15 is 0 Å². The fourth-order valence-electron chi connectivity index (χ4n) is 0.633. The van der Waals surface area contributed by atoms with Crippen molar-refractivity contribution in [3.8, 4) is 0 Å². The van der Waals surface area contributed by atoms with Gasteiger partial charge in [0.2, 0.25) is 0 Å². The highest BCUT2D eigenvalue weighted by atomic mass is 15.0. The van der Waals surface area contributed by atoms with Gasteiger partial charge in [0.15, 0.2) is 6.20 Å². The van der Waals surface area contributed by atoms with Gasteiger partial charge in [0.05, 0.1) is 18.6 Å². The van der Waals surface area contributed by atoms with Gasteiger partial charge in [-0.2, -0.15) is 0 Å². The summed E-state index contributed by atoms with van der Waals surface area (Å²) < 4.78 is 1.84. The van der Waals surface area contributed by atoms with E-state index < -0.39 is 0 Å². The van der Waals surface area contributed by atoms with E-state index in [1.54, 1.807) is 12.4 Å². The maximum absolute atomic E-state index is 6.46. The Hall–Kier alpha value is -1.56. The number of hydrogen-bond donors (Lipinski definition) is 0. The van der Waals surface area contributed by atoms with Crippen molar-refractivity contribution in [3.63, 3.8) is 0 Å². The Morgan fingerprint density at radius 2 is 2.60 bits per heavy atom. The molecule has 1 aromatic heterocycles. The van der Waals surface area contributed by atoms with Crippen LogP contribution in [-0.2, 0) is 7.05 Å². The van der Waals surface area contributed by atoms with Crippen LogP contribution >= 0.6 is 0 Å². The van der Waals surface area contributed by atoms with Gasteiger partial charge in [0, 0.05) is 13.2 Å². The third-order valence-corrected chi connectivity index (χ3v) is 1.04. The zero-order valence-corrected chi connectivity index (χ0v) is 5.65. The minimum absolute atomic E-state index is 0.818. The van der Waals surface area contributed by atoms with Crippen LogP contribution in [0.25, 0.3) is 10.9 Å². The van der Waals surface area contributed by atoms with Crippen LogP contribution < -0.4 is 0 Å². The van der Waals surface area contributed by atoms with Crippen molar-refractivity contribution in [2.24, 2.45) is 7.05 Å². The average Bonchev–Trinajstić information content (AvgIpc) is 2.31. The van der Waals surface area contributed by atoms with Crippen LogP contribution in [0, 0.1) is 6.57 Å². The first-order chi connectivity index (χ1) is 4.83. The van der Waals surface area contributed by atoms with Crippen molar-refractivity contribution in [2.45, 2.75) is 0 Å². The molecule has 0 aliphatic rings. The summed E-state index contributed by atoms with van der Waals surface area (Å²) in [5.41, 5.74) is 0.818. The topological polar surface area (TPSA) is 22.2 Å². The Labute approximate surface area is 59.4 Å². The Morgan fingerprint density at radius 3 is 3.10 bits per heavy atom. The lowest BCUT2D eigenvalue weighted by Crippen LogP contribution is -1.76. The smallest absolute Gasteiger partial charge is 0.156 e. The van der Waals surface area contributed by atoms with Gasteiger partial charge < -0.3 is 4.57 Å². The van der Waals surface area contributed by atoms with Crippen molar-refractivity contribution in [1.29, 1.82) is 0 Å². The van der Waals surface area contributed by atoms with Crippen molar-refractivity contribution in [1.82, 2.24) is 9.55 Å². The maximum atomic E-state index is 6.46. The molecule has 1 rings (SSSR count). The van der Waals surface area contributed by atoms with Gasteiger partial charge in [-0.15, -0.1) is 0 Å². The van der Waals surface area contributed by atoms with Crippen molar-refractivity contribution < 1.29 is 0 Å². The fraction of sp³-hybridized carbons (Fsp3) is 0.143. The molecule has 3 nitrogen and oxygen atoms in total. The minimum Gasteiger partial charge on any atom is -0.340 e. The number of hydrogen-bond acceptors (Lipinski definition) is 1. The number of rotatable bonds is 1. The summed E-state index contributed by atoms with van der Waals surface area (Å²) >= 11 is 0. The normalized spacial score (nSPS) is 10.0. The predicted octanol–water partition coefficient (Wildman–Crippen LogP) is 1.31. The van der Waals surface area contributed by atoms with Crippen molar-refractivity contribution in [3.05, 3.63) is 35.8 Å². The molecule has 0 aromatic carbocycles. The van der Waals surface area contributed by atoms with Gasteiger partial charge in [0.1, 0.15) is 0 Å². The maximum Gasteiger partial charge on any atom is 0.156 e. The van der Waals surface area contributed by atoms with Crippen LogP contribution in [0.5, 0.6) is 0 Å². The quantitative estimate of drug-likeness (QED) is 0.529.